The molecule has 17 heavy (non-hydrogen) atoms. The summed E-state index contributed by atoms with van der Waals surface area (Å²) in [5.41, 5.74) is 0.989. The minimum atomic E-state index is -0.178. The van der Waals surface area contributed by atoms with Gasteiger partial charge in [-0.25, -0.2) is 0 Å². The van der Waals surface area contributed by atoms with Crippen LogP contribution >= 0.6 is 24.2 Å². The average molecular weight is 266 g/mol. The largest absolute Gasteiger partial charge is 0.362 e. The van der Waals surface area contributed by atoms with E-state index in [4.69, 9.17) is 12.2 Å². The minimum absolute atomic E-state index is 0.178. The highest BCUT2D eigenvalue weighted by Crippen LogP contribution is 2.03. The van der Waals surface area contributed by atoms with Gasteiger partial charge in [0.05, 0.1) is 0 Å². The summed E-state index contributed by atoms with van der Waals surface area (Å²) in [6.07, 6.45) is 3.25. The van der Waals surface area contributed by atoms with Gasteiger partial charge < -0.3 is 4.90 Å². The molecule has 0 aromatic heterocycles. The maximum Gasteiger partial charge on any atom is 0.254 e. The topological polar surface area (TPSA) is 32.3 Å². The van der Waals surface area contributed by atoms with Crippen molar-refractivity contribution in [2.24, 2.45) is 0 Å². The summed E-state index contributed by atoms with van der Waals surface area (Å²) >= 11 is 6.16. The van der Waals surface area contributed by atoms with Crippen LogP contribution in [0.3, 0.4) is 0 Å². The standard InChI is InChI=1S/C12H14N2OS2/c1-14(2)12(16)17-13-11(15)9-8-10-6-4-3-5-7-10/h3-9H,1-2H3,(H,13,15)/b9-8+. The number of benzene rings is 1. The quantitative estimate of drug-likeness (QED) is 0.506. The van der Waals surface area contributed by atoms with Crippen molar-refractivity contribution in [3.63, 3.8) is 0 Å². The number of carbonyl (C=O) groups is 1. The lowest BCUT2D eigenvalue weighted by Gasteiger charge is -2.11. The van der Waals surface area contributed by atoms with Crippen molar-refractivity contribution in [3.05, 3.63) is 42.0 Å². The summed E-state index contributed by atoms with van der Waals surface area (Å²) in [5, 5.41) is 0. The van der Waals surface area contributed by atoms with Crippen molar-refractivity contribution in [1.82, 2.24) is 9.62 Å². The summed E-state index contributed by atoms with van der Waals surface area (Å²) in [6, 6.07) is 9.65. The molecule has 0 unspecified atom stereocenters. The van der Waals surface area contributed by atoms with Gasteiger partial charge in [-0.2, -0.15) is 0 Å². The lowest BCUT2D eigenvalue weighted by atomic mass is 10.2. The van der Waals surface area contributed by atoms with Crippen LogP contribution in [-0.2, 0) is 4.79 Å². The predicted molar refractivity (Wildman–Crippen MR) is 77.5 cm³/mol. The van der Waals surface area contributed by atoms with E-state index in [1.54, 1.807) is 11.0 Å². The lowest BCUT2D eigenvalue weighted by molar-refractivity contribution is -0.114. The van der Waals surface area contributed by atoms with Crippen LogP contribution < -0.4 is 4.72 Å². The van der Waals surface area contributed by atoms with Crippen molar-refractivity contribution < 1.29 is 4.79 Å². The second kappa shape index (κ2) is 7.09. The van der Waals surface area contributed by atoms with Crippen LogP contribution in [0, 0.1) is 0 Å². The first kappa shape index (κ1) is 13.7. The second-order valence-electron chi connectivity index (χ2n) is 3.47. The van der Waals surface area contributed by atoms with Crippen LogP contribution in [0.1, 0.15) is 5.56 Å². The Morgan fingerprint density at radius 2 is 2.00 bits per heavy atom. The van der Waals surface area contributed by atoms with E-state index in [9.17, 15) is 4.79 Å². The molecule has 0 saturated carbocycles. The molecular formula is C12H14N2OS2. The van der Waals surface area contributed by atoms with Gasteiger partial charge in [0, 0.05) is 32.1 Å². The molecule has 0 heterocycles. The van der Waals surface area contributed by atoms with Crippen LogP contribution in [-0.4, -0.2) is 29.2 Å². The van der Waals surface area contributed by atoms with Gasteiger partial charge in [0.2, 0.25) is 0 Å². The second-order valence-corrected chi connectivity index (χ2v) is 4.91. The third-order valence-electron chi connectivity index (χ3n) is 1.83. The molecule has 3 nitrogen and oxygen atoms in total. The Morgan fingerprint density at radius 1 is 1.35 bits per heavy atom. The normalized spacial score (nSPS) is 10.2. The number of nitrogens with zero attached hydrogens (tertiary/aromatic N) is 1. The summed E-state index contributed by atoms with van der Waals surface area (Å²) in [5.74, 6) is -0.178. The van der Waals surface area contributed by atoms with Gasteiger partial charge >= 0.3 is 0 Å². The molecule has 0 aliphatic heterocycles. The van der Waals surface area contributed by atoms with Crippen LogP contribution in [0.4, 0.5) is 0 Å². The predicted octanol–water partition coefficient (Wildman–Crippen LogP) is 2.31. The van der Waals surface area contributed by atoms with Gasteiger partial charge in [-0.3, -0.25) is 9.52 Å². The molecule has 0 bridgehead atoms. The Bertz CT molecular complexity index is 416. The molecule has 1 amide bonds. The number of nitrogens with one attached hydrogen (secondary N) is 1. The Labute approximate surface area is 111 Å². The van der Waals surface area contributed by atoms with E-state index in [1.807, 2.05) is 44.4 Å². The molecule has 1 aromatic rings. The molecule has 0 atom stereocenters. The fourth-order valence-electron chi connectivity index (χ4n) is 0.955. The molecule has 1 N–H and O–H groups in total. The van der Waals surface area contributed by atoms with E-state index in [1.165, 1.54) is 6.08 Å². The van der Waals surface area contributed by atoms with Crippen LogP contribution in [0.25, 0.3) is 6.08 Å². The van der Waals surface area contributed by atoms with Gasteiger partial charge in [-0.1, -0.05) is 42.5 Å². The molecule has 0 aliphatic carbocycles. The summed E-state index contributed by atoms with van der Waals surface area (Å²) in [7, 11) is 3.67. The Kier molecular flexibility index (Phi) is 5.72. The molecule has 0 fully saturated rings. The lowest BCUT2D eigenvalue weighted by Crippen LogP contribution is -2.22. The highest BCUT2D eigenvalue weighted by molar-refractivity contribution is 8.21. The number of amides is 1. The number of thiocarbonyl (C=S) groups is 1. The molecule has 0 spiro atoms. The van der Waals surface area contributed by atoms with Gasteiger partial charge in [0.15, 0.2) is 4.32 Å². The zero-order valence-corrected chi connectivity index (χ0v) is 11.3. The zero-order chi connectivity index (χ0) is 12.7. The van der Waals surface area contributed by atoms with Crippen LogP contribution in [0.2, 0.25) is 0 Å². The van der Waals surface area contributed by atoms with Crippen LogP contribution in [0.5, 0.6) is 0 Å². The van der Waals surface area contributed by atoms with E-state index in [-0.39, 0.29) is 5.91 Å². The third-order valence-corrected chi connectivity index (χ3v) is 3.29. The maximum absolute atomic E-state index is 11.4. The number of hydrogen-bond acceptors (Lipinski definition) is 3. The molecule has 1 aromatic carbocycles. The fourth-order valence-corrected chi connectivity index (χ4v) is 1.52. The van der Waals surface area contributed by atoms with Gasteiger partial charge in [-0.15, -0.1) is 0 Å². The van der Waals surface area contributed by atoms with Crippen molar-refractivity contribution in [3.8, 4) is 0 Å². The van der Waals surface area contributed by atoms with Gasteiger partial charge in [-0.05, 0) is 11.6 Å². The van der Waals surface area contributed by atoms with E-state index in [0.29, 0.717) is 4.32 Å². The fraction of sp³-hybridized carbons (Fsp3) is 0.167. The number of hydrogen-bond donors (Lipinski definition) is 1. The average Bonchev–Trinajstić information content (AvgIpc) is 2.34. The van der Waals surface area contributed by atoms with E-state index in [2.05, 4.69) is 4.72 Å². The Balaban J connectivity index is 2.40. The molecule has 0 saturated heterocycles. The van der Waals surface area contributed by atoms with E-state index in [0.717, 1.165) is 17.5 Å². The summed E-state index contributed by atoms with van der Waals surface area (Å²) < 4.78 is 3.26. The molecule has 1 rings (SSSR count). The summed E-state index contributed by atoms with van der Waals surface area (Å²) in [4.78, 5) is 13.2. The molecule has 5 heteroatoms. The first-order valence-corrected chi connectivity index (χ1v) is 6.23. The minimum Gasteiger partial charge on any atom is -0.362 e. The van der Waals surface area contributed by atoms with E-state index >= 15 is 0 Å². The number of carbonyl (C=O) groups excluding carboxylic acids is 1. The van der Waals surface area contributed by atoms with Crippen molar-refractivity contribution in [1.29, 1.82) is 0 Å². The molecule has 90 valence electrons. The molecule has 0 radical (unpaired) electrons. The highest BCUT2D eigenvalue weighted by atomic mass is 32.2. The number of rotatable bonds is 2. The van der Waals surface area contributed by atoms with E-state index < -0.39 is 0 Å². The SMILES string of the molecule is CN(C)C(=S)SNC(=O)/C=C/c1ccccc1. The zero-order valence-electron chi connectivity index (χ0n) is 9.71. The van der Waals surface area contributed by atoms with Crippen molar-refractivity contribution >= 4 is 40.5 Å². The molecule has 0 aliphatic rings. The van der Waals surface area contributed by atoms with Crippen molar-refractivity contribution in [2.75, 3.05) is 14.1 Å². The van der Waals surface area contributed by atoms with Crippen molar-refractivity contribution in [2.45, 2.75) is 0 Å². The monoisotopic (exact) mass is 266 g/mol. The van der Waals surface area contributed by atoms with Gasteiger partial charge in [0.25, 0.3) is 5.91 Å². The van der Waals surface area contributed by atoms with Gasteiger partial charge in [0.1, 0.15) is 0 Å². The Hall–Kier alpha value is -1.33. The Morgan fingerprint density at radius 3 is 2.59 bits per heavy atom. The first-order valence-electron chi connectivity index (χ1n) is 5.01. The third kappa shape index (κ3) is 5.51. The first-order chi connectivity index (χ1) is 8.09. The van der Waals surface area contributed by atoms with Crippen LogP contribution in [0.15, 0.2) is 36.4 Å². The maximum atomic E-state index is 11.4. The smallest absolute Gasteiger partial charge is 0.254 e. The summed E-state index contributed by atoms with van der Waals surface area (Å²) in [6.45, 7) is 0. The molecular weight excluding hydrogens is 252 g/mol. The highest BCUT2D eigenvalue weighted by Gasteiger charge is 2.01.